The van der Waals surface area contributed by atoms with Crippen LogP contribution in [0.15, 0.2) is 47.4 Å². The van der Waals surface area contributed by atoms with Gasteiger partial charge in [-0.15, -0.1) is 11.8 Å². The second-order valence-corrected chi connectivity index (χ2v) is 8.33. The lowest BCUT2D eigenvalue weighted by Crippen LogP contribution is -2.31. The molecule has 1 atom stereocenters. The zero-order valence-corrected chi connectivity index (χ0v) is 17.8. The third-order valence-electron chi connectivity index (χ3n) is 4.05. The first-order chi connectivity index (χ1) is 13.0. The standard InChI is InChI=1S/C22H31NO3S/c1-16(2)27-22-15-18(10-11-21(22)25-5)14-17(3)23-12-13-26-20-9-7-6-8-19(20)24-4/h6-11,15-17,23H,12-14H2,1-5H3. The third kappa shape index (κ3) is 7.00. The molecule has 0 radical (unpaired) electrons. The quantitative estimate of drug-likeness (QED) is 0.441. The molecule has 1 unspecified atom stereocenters. The number of methoxy groups -OCH3 is 2. The van der Waals surface area contributed by atoms with E-state index >= 15 is 0 Å². The highest BCUT2D eigenvalue weighted by Crippen LogP contribution is 2.33. The monoisotopic (exact) mass is 389 g/mol. The number of ether oxygens (including phenoxy) is 3. The van der Waals surface area contributed by atoms with E-state index in [1.165, 1.54) is 10.5 Å². The molecule has 0 saturated carbocycles. The Morgan fingerprint density at radius 3 is 2.30 bits per heavy atom. The largest absolute Gasteiger partial charge is 0.496 e. The summed E-state index contributed by atoms with van der Waals surface area (Å²) < 4.78 is 16.6. The summed E-state index contributed by atoms with van der Waals surface area (Å²) in [4.78, 5) is 1.21. The van der Waals surface area contributed by atoms with Crippen molar-refractivity contribution in [3.63, 3.8) is 0 Å². The maximum absolute atomic E-state index is 5.81. The van der Waals surface area contributed by atoms with Gasteiger partial charge in [-0.25, -0.2) is 0 Å². The van der Waals surface area contributed by atoms with Gasteiger partial charge in [-0.3, -0.25) is 0 Å². The molecule has 0 heterocycles. The van der Waals surface area contributed by atoms with Crippen molar-refractivity contribution in [3.8, 4) is 17.2 Å². The molecule has 2 rings (SSSR count). The van der Waals surface area contributed by atoms with Crippen LogP contribution in [-0.2, 0) is 6.42 Å². The minimum atomic E-state index is 0.358. The molecule has 27 heavy (non-hydrogen) atoms. The van der Waals surface area contributed by atoms with E-state index < -0.39 is 0 Å². The Balaban J connectivity index is 1.82. The Labute approximate surface area is 167 Å². The Kier molecular flexibility index (Phi) is 8.82. The molecule has 5 heteroatoms. The Morgan fingerprint density at radius 1 is 0.926 bits per heavy atom. The van der Waals surface area contributed by atoms with E-state index in [1.54, 1.807) is 14.2 Å². The van der Waals surface area contributed by atoms with Crippen molar-refractivity contribution in [2.75, 3.05) is 27.4 Å². The predicted octanol–water partition coefficient (Wildman–Crippen LogP) is 4.80. The van der Waals surface area contributed by atoms with Crippen LogP contribution in [0.1, 0.15) is 26.3 Å². The number of hydrogen-bond acceptors (Lipinski definition) is 5. The lowest BCUT2D eigenvalue weighted by molar-refractivity contribution is 0.287. The Bertz CT molecular complexity index is 706. The first-order valence-electron chi connectivity index (χ1n) is 9.36. The summed E-state index contributed by atoms with van der Waals surface area (Å²) in [6.07, 6.45) is 0.963. The number of benzene rings is 2. The molecule has 4 nitrogen and oxygen atoms in total. The molecule has 0 aliphatic heterocycles. The second kappa shape index (κ2) is 11.1. The molecular formula is C22H31NO3S. The van der Waals surface area contributed by atoms with E-state index in [1.807, 2.05) is 36.0 Å². The number of nitrogens with one attached hydrogen (secondary N) is 1. The molecule has 1 N–H and O–H groups in total. The van der Waals surface area contributed by atoms with Crippen molar-refractivity contribution in [1.29, 1.82) is 0 Å². The van der Waals surface area contributed by atoms with Gasteiger partial charge in [-0.1, -0.05) is 32.0 Å². The first kappa shape index (κ1) is 21.5. The zero-order chi connectivity index (χ0) is 19.6. The lowest BCUT2D eigenvalue weighted by atomic mass is 10.1. The highest BCUT2D eigenvalue weighted by Gasteiger charge is 2.10. The van der Waals surface area contributed by atoms with E-state index in [9.17, 15) is 0 Å². The fourth-order valence-corrected chi connectivity index (χ4v) is 3.82. The van der Waals surface area contributed by atoms with Crippen molar-refractivity contribution >= 4 is 11.8 Å². The highest BCUT2D eigenvalue weighted by molar-refractivity contribution is 8.00. The molecule has 0 aliphatic carbocycles. The van der Waals surface area contributed by atoms with Crippen LogP contribution in [0.5, 0.6) is 17.2 Å². The van der Waals surface area contributed by atoms with Gasteiger partial charge in [0.2, 0.25) is 0 Å². The van der Waals surface area contributed by atoms with Gasteiger partial charge in [-0.2, -0.15) is 0 Å². The van der Waals surface area contributed by atoms with Crippen LogP contribution >= 0.6 is 11.8 Å². The minimum absolute atomic E-state index is 0.358. The van der Waals surface area contributed by atoms with Gasteiger partial charge in [0, 0.05) is 22.7 Å². The Morgan fingerprint density at radius 2 is 1.63 bits per heavy atom. The summed E-state index contributed by atoms with van der Waals surface area (Å²) in [7, 11) is 3.38. The zero-order valence-electron chi connectivity index (χ0n) is 17.0. The average Bonchev–Trinajstić information content (AvgIpc) is 2.65. The molecule has 0 saturated heterocycles. The van der Waals surface area contributed by atoms with E-state index in [2.05, 4.69) is 44.3 Å². The molecule has 0 fully saturated rings. The summed E-state index contributed by atoms with van der Waals surface area (Å²) in [6, 6.07) is 14.5. The van der Waals surface area contributed by atoms with Gasteiger partial charge in [0.15, 0.2) is 11.5 Å². The fraction of sp³-hybridized carbons (Fsp3) is 0.455. The molecular weight excluding hydrogens is 358 g/mol. The summed E-state index contributed by atoms with van der Waals surface area (Å²) in [5.41, 5.74) is 1.31. The van der Waals surface area contributed by atoms with Crippen LogP contribution in [0.2, 0.25) is 0 Å². The van der Waals surface area contributed by atoms with Gasteiger partial charge in [0.05, 0.1) is 14.2 Å². The maximum Gasteiger partial charge on any atom is 0.161 e. The number of rotatable bonds is 11. The predicted molar refractivity (Wildman–Crippen MR) is 114 cm³/mol. The SMILES string of the molecule is COc1ccccc1OCCNC(C)Cc1ccc(OC)c(SC(C)C)c1. The third-order valence-corrected chi connectivity index (χ3v) is 5.10. The van der Waals surface area contributed by atoms with Crippen molar-refractivity contribution in [1.82, 2.24) is 5.32 Å². The van der Waals surface area contributed by atoms with Crippen molar-refractivity contribution in [3.05, 3.63) is 48.0 Å². The molecule has 0 aliphatic rings. The van der Waals surface area contributed by atoms with Gasteiger partial charge in [0.1, 0.15) is 12.4 Å². The average molecular weight is 390 g/mol. The summed E-state index contributed by atoms with van der Waals surface area (Å²) in [5, 5.41) is 4.05. The van der Waals surface area contributed by atoms with Crippen molar-refractivity contribution < 1.29 is 14.2 Å². The van der Waals surface area contributed by atoms with Crippen LogP contribution in [-0.4, -0.2) is 38.7 Å². The molecule has 0 aromatic heterocycles. The van der Waals surface area contributed by atoms with Crippen LogP contribution in [0, 0.1) is 0 Å². The maximum atomic E-state index is 5.81. The Hall–Kier alpha value is -1.85. The molecule has 0 amide bonds. The van der Waals surface area contributed by atoms with Crippen molar-refractivity contribution in [2.45, 2.75) is 43.4 Å². The van der Waals surface area contributed by atoms with E-state index in [0.717, 1.165) is 30.2 Å². The van der Waals surface area contributed by atoms with E-state index in [0.29, 0.717) is 17.9 Å². The fourth-order valence-electron chi connectivity index (χ4n) is 2.82. The van der Waals surface area contributed by atoms with Gasteiger partial charge in [0.25, 0.3) is 0 Å². The van der Waals surface area contributed by atoms with Gasteiger partial charge in [-0.05, 0) is 43.2 Å². The van der Waals surface area contributed by atoms with Crippen LogP contribution in [0.25, 0.3) is 0 Å². The van der Waals surface area contributed by atoms with E-state index in [4.69, 9.17) is 14.2 Å². The summed E-state index contributed by atoms with van der Waals surface area (Å²) >= 11 is 1.84. The second-order valence-electron chi connectivity index (χ2n) is 6.71. The van der Waals surface area contributed by atoms with Crippen LogP contribution < -0.4 is 19.5 Å². The van der Waals surface area contributed by atoms with Gasteiger partial charge >= 0.3 is 0 Å². The van der Waals surface area contributed by atoms with E-state index in [-0.39, 0.29) is 0 Å². The number of thioether (sulfide) groups is 1. The minimum Gasteiger partial charge on any atom is -0.496 e. The lowest BCUT2D eigenvalue weighted by Gasteiger charge is -2.17. The van der Waals surface area contributed by atoms with Crippen LogP contribution in [0.3, 0.4) is 0 Å². The molecule has 2 aromatic rings. The van der Waals surface area contributed by atoms with Crippen LogP contribution in [0.4, 0.5) is 0 Å². The number of para-hydroxylation sites is 2. The molecule has 0 bridgehead atoms. The molecule has 148 valence electrons. The summed E-state index contributed by atoms with van der Waals surface area (Å²) in [6.45, 7) is 7.97. The van der Waals surface area contributed by atoms with Gasteiger partial charge < -0.3 is 19.5 Å². The smallest absolute Gasteiger partial charge is 0.161 e. The molecule has 0 spiro atoms. The first-order valence-corrected chi connectivity index (χ1v) is 10.2. The number of hydrogen-bond donors (Lipinski definition) is 1. The normalized spacial score (nSPS) is 12.1. The highest BCUT2D eigenvalue weighted by atomic mass is 32.2. The molecule has 2 aromatic carbocycles. The van der Waals surface area contributed by atoms with Crippen molar-refractivity contribution in [2.24, 2.45) is 0 Å². The topological polar surface area (TPSA) is 39.7 Å². The summed E-state index contributed by atoms with van der Waals surface area (Å²) in [5.74, 6) is 2.49.